The molecule has 0 aliphatic carbocycles. The number of pyridine rings is 1. The highest BCUT2D eigenvalue weighted by atomic mass is 32.2. The summed E-state index contributed by atoms with van der Waals surface area (Å²) >= 11 is 0. The highest BCUT2D eigenvalue weighted by molar-refractivity contribution is 7.89. The number of benzene rings is 3. The molecule has 0 atom stereocenters. The molecule has 1 heterocycles. The van der Waals surface area contributed by atoms with Crippen molar-refractivity contribution in [1.82, 2.24) is 9.29 Å². The molecule has 0 bridgehead atoms. The van der Waals surface area contributed by atoms with Gasteiger partial charge < -0.3 is 9.72 Å². The van der Waals surface area contributed by atoms with Crippen LogP contribution in [0.1, 0.15) is 27.8 Å². The van der Waals surface area contributed by atoms with E-state index in [1.54, 1.807) is 49.6 Å². The van der Waals surface area contributed by atoms with Crippen molar-refractivity contribution in [2.45, 2.75) is 38.8 Å². The number of ether oxygens (including phenoxy) is 1. The number of hydrogen-bond acceptors (Lipinski definition) is 4. The van der Waals surface area contributed by atoms with Crippen molar-refractivity contribution in [3.05, 3.63) is 105 Å². The fraction of sp³-hybridized carbons (Fsp3) is 0.222. The lowest BCUT2D eigenvalue weighted by molar-refractivity contribution is 0.398. The third-order valence-electron chi connectivity index (χ3n) is 5.91. The fourth-order valence-electron chi connectivity index (χ4n) is 4.04. The summed E-state index contributed by atoms with van der Waals surface area (Å²) in [6, 6.07) is 19.7. The monoisotopic (exact) mass is 476 g/mol. The number of aryl methyl sites for hydroxylation is 3. The van der Waals surface area contributed by atoms with Crippen LogP contribution in [0.5, 0.6) is 5.75 Å². The first-order valence-electron chi connectivity index (χ1n) is 11.0. The van der Waals surface area contributed by atoms with Crippen LogP contribution in [0.2, 0.25) is 0 Å². The van der Waals surface area contributed by atoms with E-state index in [1.807, 2.05) is 45.0 Å². The Morgan fingerprint density at radius 3 is 2.18 bits per heavy atom. The molecule has 3 aromatic carbocycles. The Hall–Kier alpha value is -3.42. The van der Waals surface area contributed by atoms with Gasteiger partial charge in [-0.3, -0.25) is 4.79 Å². The quantitative estimate of drug-likeness (QED) is 0.413. The van der Waals surface area contributed by atoms with E-state index in [2.05, 4.69) is 4.98 Å². The maximum atomic E-state index is 13.7. The van der Waals surface area contributed by atoms with Crippen LogP contribution in [0.15, 0.2) is 76.4 Å². The molecule has 176 valence electrons. The Morgan fingerprint density at radius 2 is 1.53 bits per heavy atom. The van der Waals surface area contributed by atoms with Gasteiger partial charge in [-0.1, -0.05) is 35.9 Å². The summed E-state index contributed by atoms with van der Waals surface area (Å²) in [5, 5.41) is 0.900. The summed E-state index contributed by atoms with van der Waals surface area (Å²) in [6.07, 6.45) is 0. The predicted octanol–water partition coefficient (Wildman–Crippen LogP) is 4.85. The second-order valence-electron chi connectivity index (χ2n) is 8.60. The number of nitrogens with one attached hydrogen (secondary N) is 1. The molecule has 0 fully saturated rings. The van der Waals surface area contributed by atoms with Crippen molar-refractivity contribution in [3.63, 3.8) is 0 Å². The van der Waals surface area contributed by atoms with Gasteiger partial charge in [0.25, 0.3) is 5.56 Å². The summed E-state index contributed by atoms with van der Waals surface area (Å²) in [4.78, 5) is 16.1. The van der Waals surface area contributed by atoms with Crippen molar-refractivity contribution < 1.29 is 13.2 Å². The molecule has 6 nitrogen and oxygen atoms in total. The number of aromatic amines is 1. The van der Waals surface area contributed by atoms with E-state index < -0.39 is 10.0 Å². The van der Waals surface area contributed by atoms with Gasteiger partial charge in [0.05, 0.1) is 12.0 Å². The Kier molecular flexibility index (Phi) is 6.59. The molecule has 34 heavy (non-hydrogen) atoms. The fourth-order valence-corrected chi connectivity index (χ4v) is 5.45. The summed E-state index contributed by atoms with van der Waals surface area (Å²) in [5.41, 5.74) is 4.68. The molecule has 0 amide bonds. The molecular weight excluding hydrogens is 448 g/mol. The zero-order valence-corrected chi connectivity index (χ0v) is 20.6. The van der Waals surface area contributed by atoms with Crippen LogP contribution in [0.25, 0.3) is 10.9 Å². The molecule has 0 spiro atoms. The lowest BCUT2D eigenvalue weighted by atomic mass is 10.0. The van der Waals surface area contributed by atoms with Crippen molar-refractivity contribution >= 4 is 20.9 Å². The van der Waals surface area contributed by atoms with Gasteiger partial charge in [-0.05, 0) is 73.9 Å². The Labute approximate surface area is 199 Å². The number of hydrogen-bond donors (Lipinski definition) is 1. The molecular formula is C27H28N2O4S. The van der Waals surface area contributed by atoms with E-state index in [0.29, 0.717) is 11.3 Å². The topological polar surface area (TPSA) is 79.5 Å². The molecule has 4 aromatic rings. The summed E-state index contributed by atoms with van der Waals surface area (Å²) < 4.78 is 33.9. The van der Waals surface area contributed by atoms with Crippen LogP contribution in [-0.4, -0.2) is 24.8 Å². The van der Waals surface area contributed by atoms with E-state index in [9.17, 15) is 13.2 Å². The minimum atomic E-state index is -3.87. The van der Waals surface area contributed by atoms with E-state index in [1.165, 1.54) is 4.31 Å². The average Bonchev–Trinajstić information content (AvgIpc) is 2.80. The second-order valence-corrected chi connectivity index (χ2v) is 10.5. The Morgan fingerprint density at radius 1 is 0.853 bits per heavy atom. The number of fused-ring (bicyclic) bond motifs is 1. The molecule has 7 heteroatoms. The zero-order valence-electron chi connectivity index (χ0n) is 19.8. The third-order valence-corrected chi connectivity index (χ3v) is 7.72. The zero-order chi connectivity index (χ0) is 24.5. The number of sulfonamides is 1. The number of rotatable bonds is 7. The van der Waals surface area contributed by atoms with Crippen LogP contribution < -0.4 is 10.3 Å². The average molecular weight is 477 g/mol. The lowest BCUT2D eigenvalue weighted by Crippen LogP contribution is -2.32. The van der Waals surface area contributed by atoms with E-state index in [0.717, 1.165) is 33.2 Å². The van der Waals surface area contributed by atoms with Gasteiger partial charge in [0, 0.05) is 29.6 Å². The molecule has 0 saturated heterocycles. The van der Waals surface area contributed by atoms with Gasteiger partial charge in [0.1, 0.15) is 5.75 Å². The van der Waals surface area contributed by atoms with Crippen LogP contribution in [0, 0.1) is 20.8 Å². The van der Waals surface area contributed by atoms with Crippen molar-refractivity contribution in [1.29, 1.82) is 0 Å². The molecule has 0 aliphatic rings. The normalized spacial score (nSPS) is 11.8. The summed E-state index contributed by atoms with van der Waals surface area (Å²) in [5.74, 6) is 0.688. The van der Waals surface area contributed by atoms with Gasteiger partial charge in [-0.25, -0.2) is 8.42 Å². The second kappa shape index (κ2) is 9.44. The highest BCUT2D eigenvalue weighted by Gasteiger charge is 2.26. The summed E-state index contributed by atoms with van der Waals surface area (Å²) in [7, 11) is -2.29. The van der Waals surface area contributed by atoms with Crippen LogP contribution in [0.3, 0.4) is 0 Å². The van der Waals surface area contributed by atoms with Gasteiger partial charge >= 0.3 is 0 Å². The van der Waals surface area contributed by atoms with Crippen molar-refractivity contribution in [2.24, 2.45) is 0 Å². The first-order valence-corrected chi connectivity index (χ1v) is 12.4. The minimum Gasteiger partial charge on any atom is -0.497 e. The SMILES string of the molecule is COc1ccc(CN(Cc2cc3c(C)cc(C)cc3[nH]c2=O)S(=O)(=O)c2ccc(C)cc2)cc1. The lowest BCUT2D eigenvalue weighted by Gasteiger charge is -2.23. The van der Waals surface area contributed by atoms with Crippen molar-refractivity contribution in [3.8, 4) is 5.75 Å². The third kappa shape index (κ3) is 4.90. The van der Waals surface area contributed by atoms with Gasteiger partial charge in [0.2, 0.25) is 10.0 Å². The molecule has 0 saturated carbocycles. The van der Waals surface area contributed by atoms with Gasteiger partial charge in [0.15, 0.2) is 0 Å². The summed E-state index contributed by atoms with van der Waals surface area (Å²) in [6.45, 7) is 5.93. The molecule has 1 aromatic heterocycles. The van der Waals surface area contributed by atoms with Gasteiger partial charge in [-0.15, -0.1) is 0 Å². The van der Waals surface area contributed by atoms with Crippen LogP contribution in [-0.2, 0) is 23.1 Å². The smallest absolute Gasteiger partial charge is 0.252 e. The standard InChI is InChI=1S/C27H28N2O4S/c1-18-5-11-24(12-6-18)34(31,32)29(16-21-7-9-23(33-4)10-8-21)17-22-15-25-20(3)13-19(2)14-26(25)28-27(22)30/h5-15H,16-17H2,1-4H3,(H,28,30). The molecule has 0 unspecified atom stereocenters. The number of aromatic nitrogens is 1. The maximum Gasteiger partial charge on any atom is 0.252 e. The molecule has 4 rings (SSSR count). The van der Waals surface area contributed by atoms with E-state index >= 15 is 0 Å². The first-order chi connectivity index (χ1) is 16.2. The van der Waals surface area contributed by atoms with Gasteiger partial charge in [-0.2, -0.15) is 4.31 Å². The minimum absolute atomic E-state index is 0.0547. The number of nitrogens with zero attached hydrogens (tertiary/aromatic N) is 1. The predicted molar refractivity (Wildman–Crippen MR) is 135 cm³/mol. The number of methoxy groups -OCH3 is 1. The maximum absolute atomic E-state index is 13.7. The highest BCUT2D eigenvalue weighted by Crippen LogP contribution is 2.24. The van der Waals surface area contributed by atoms with E-state index in [4.69, 9.17) is 4.74 Å². The van der Waals surface area contributed by atoms with Crippen molar-refractivity contribution in [2.75, 3.05) is 7.11 Å². The number of H-pyrrole nitrogens is 1. The Balaban J connectivity index is 1.78. The largest absolute Gasteiger partial charge is 0.497 e. The molecule has 1 N–H and O–H groups in total. The Bertz CT molecular complexity index is 1490. The molecule has 0 aliphatic heterocycles. The first kappa shape index (κ1) is 23.7. The molecule has 0 radical (unpaired) electrons. The van der Waals surface area contributed by atoms with E-state index in [-0.39, 0.29) is 23.5 Å². The van der Waals surface area contributed by atoms with Crippen LogP contribution >= 0.6 is 0 Å². The van der Waals surface area contributed by atoms with Crippen LogP contribution in [0.4, 0.5) is 0 Å².